The van der Waals surface area contributed by atoms with Gasteiger partial charge in [-0.2, -0.15) is 0 Å². The Morgan fingerprint density at radius 2 is 1.71 bits per heavy atom. The van der Waals surface area contributed by atoms with Crippen LogP contribution in [0.1, 0.15) is 15.9 Å². The van der Waals surface area contributed by atoms with Crippen molar-refractivity contribution >= 4 is 5.97 Å². The Labute approximate surface area is 138 Å². The van der Waals surface area contributed by atoms with Gasteiger partial charge in [-0.3, -0.25) is 0 Å². The number of aromatic nitrogens is 1. The zero-order chi connectivity index (χ0) is 16.5. The largest absolute Gasteiger partial charge is 0.462 e. The van der Waals surface area contributed by atoms with Gasteiger partial charge in [0.25, 0.3) is 0 Å². The van der Waals surface area contributed by atoms with Crippen molar-refractivity contribution in [1.29, 1.82) is 0 Å². The Morgan fingerprint density at radius 1 is 0.958 bits per heavy atom. The van der Waals surface area contributed by atoms with E-state index in [0.717, 1.165) is 16.8 Å². The summed E-state index contributed by atoms with van der Waals surface area (Å²) >= 11 is 0. The molecule has 0 spiro atoms. The van der Waals surface area contributed by atoms with Crippen molar-refractivity contribution in [2.24, 2.45) is 0 Å². The van der Waals surface area contributed by atoms with E-state index in [4.69, 9.17) is 4.74 Å². The van der Waals surface area contributed by atoms with Gasteiger partial charge >= 0.3 is 5.97 Å². The van der Waals surface area contributed by atoms with Crippen molar-refractivity contribution in [2.75, 3.05) is 6.61 Å². The summed E-state index contributed by atoms with van der Waals surface area (Å²) in [6.45, 7) is 0.368. The fourth-order valence-corrected chi connectivity index (χ4v) is 2.92. The van der Waals surface area contributed by atoms with Gasteiger partial charge in [-0.05, 0) is 35.9 Å². The number of halogens is 1. The summed E-state index contributed by atoms with van der Waals surface area (Å²) in [6.07, 6.45) is 0.650. The van der Waals surface area contributed by atoms with Crippen LogP contribution in [-0.4, -0.2) is 17.6 Å². The van der Waals surface area contributed by atoms with Crippen LogP contribution in [-0.2, 0) is 11.2 Å². The van der Waals surface area contributed by atoms with Crippen LogP contribution in [0, 0.1) is 5.82 Å². The third-order valence-electron chi connectivity index (χ3n) is 4.10. The van der Waals surface area contributed by atoms with Gasteiger partial charge in [0.2, 0.25) is 0 Å². The topological polar surface area (TPSA) is 39.2 Å². The highest BCUT2D eigenvalue weighted by Crippen LogP contribution is 2.32. The molecule has 2 aromatic carbocycles. The third-order valence-corrected chi connectivity index (χ3v) is 4.10. The van der Waals surface area contributed by atoms with Crippen LogP contribution in [0.5, 0.6) is 0 Å². The number of carbonyl (C=O) groups is 1. The molecule has 1 aliphatic heterocycles. The number of hydrogen-bond donors (Lipinski definition) is 0. The predicted molar refractivity (Wildman–Crippen MR) is 89.1 cm³/mol. The zero-order valence-electron chi connectivity index (χ0n) is 12.8. The Morgan fingerprint density at radius 3 is 2.46 bits per heavy atom. The van der Waals surface area contributed by atoms with Crippen molar-refractivity contribution in [1.82, 2.24) is 4.98 Å². The van der Waals surface area contributed by atoms with E-state index < -0.39 is 0 Å². The number of cyclic esters (lactones) is 1. The highest BCUT2D eigenvalue weighted by molar-refractivity contribution is 5.99. The van der Waals surface area contributed by atoms with Gasteiger partial charge in [0.15, 0.2) is 0 Å². The van der Waals surface area contributed by atoms with Gasteiger partial charge in [0.1, 0.15) is 5.82 Å². The van der Waals surface area contributed by atoms with Crippen LogP contribution in [0.25, 0.3) is 22.5 Å². The molecule has 4 rings (SSSR count). The Bertz CT molecular complexity index is 905. The molecule has 24 heavy (non-hydrogen) atoms. The molecule has 0 radical (unpaired) electrons. The summed E-state index contributed by atoms with van der Waals surface area (Å²) in [4.78, 5) is 16.9. The molecule has 0 bridgehead atoms. The van der Waals surface area contributed by atoms with Gasteiger partial charge in [-0.15, -0.1) is 0 Å². The van der Waals surface area contributed by atoms with E-state index in [9.17, 15) is 9.18 Å². The monoisotopic (exact) mass is 319 g/mol. The highest BCUT2D eigenvalue weighted by atomic mass is 19.1. The van der Waals surface area contributed by atoms with E-state index in [1.165, 1.54) is 12.1 Å². The molecule has 0 N–H and O–H groups in total. The molecule has 0 amide bonds. The minimum Gasteiger partial charge on any atom is -0.462 e. The molecule has 3 aromatic rings. The molecule has 2 heterocycles. The van der Waals surface area contributed by atoms with E-state index in [2.05, 4.69) is 4.98 Å². The number of fused-ring (bicyclic) bond motifs is 1. The molecule has 1 aliphatic rings. The highest BCUT2D eigenvalue weighted by Gasteiger charge is 2.25. The third kappa shape index (κ3) is 2.56. The van der Waals surface area contributed by atoms with Crippen molar-refractivity contribution < 1.29 is 13.9 Å². The van der Waals surface area contributed by atoms with Gasteiger partial charge < -0.3 is 4.74 Å². The molecule has 3 nitrogen and oxygen atoms in total. The maximum Gasteiger partial charge on any atom is 0.340 e. The zero-order valence-corrected chi connectivity index (χ0v) is 12.8. The van der Waals surface area contributed by atoms with Crippen molar-refractivity contribution in [3.63, 3.8) is 0 Å². The first kappa shape index (κ1) is 14.6. The SMILES string of the molecule is O=C1OCCc2cc(-c3ccccc3)nc(-c3ccc(F)cc3)c21. The van der Waals surface area contributed by atoms with Crippen LogP contribution < -0.4 is 0 Å². The molecular weight excluding hydrogens is 305 g/mol. The minimum atomic E-state index is -0.373. The Hall–Kier alpha value is -3.01. The van der Waals surface area contributed by atoms with Gasteiger partial charge in [0, 0.05) is 17.5 Å². The number of rotatable bonds is 2. The smallest absolute Gasteiger partial charge is 0.340 e. The van der Waals surface area contributed by atoms with Gasteiger partial charge in [-0.1, -0.05) is 30.3 Å². The van der Waals surface area contributed by atoms with Crippen LogP contribution in [0.4, 0.5) is 4.39 Å². The first-order chi connectivity index (χ1) is 11.7. The first-order valence-electron chi connectivity index (χ1n) is 7.75. The van der Waals surface area contributed by atoms with E-state index in [1.807, 2.05) is 36.4 Å². The minimum absolute atomic E-state index is 0.325. The van der Waals surface area contributed by atoms with E-state index in [-0.39, 0.29) is 11.8 Å². The van der Waals surface area contributed by atoms with Crippen molar-refractivity contribution in [2.45, 2.75) is 6.42 Å². The molecule has 118 valence electrons. The van der Waals surface area contributed by atoms with Crippen LogP contribution in [0.3, 0.4) is 0 Å². The average Bonchev–Trinajstić information content (AvgIpc) is 2.62. The maximum absolute atomic E-state index is 13.3. The first-order valence-corrected chi connectivity index (χ1v) is 7.75. The summed E-state index contributed by atoms with van der Waals surface area (Å²) in [5, 5.41) is 0. The molecule has 4 heteroatoms. The summed E-state index contributed by atoms with van der Waals surface area (Å²) in [7, 11) is 0. The standard InChI is InChI=1S/C20H14FNO2/c21-16-8-6-14(7-9-16)19-18-15(10-11-24-20(18)23)12-17(22-19)13-4-2-1-3-5-13/h1-9,12H,10-11H2. The fourth-order valence-electron chi connectivity index (χ4n) is 2.92. The molecule has 0 saturated carbocycles. The molecule has 0 unspecified atom stereocenters. The number of esters is 1. The predicted octanol–water partition coefficient (Wildman–Crippen LogP) is 4.27. The van der Waals surface area contributed by atoms with E-state index in [0.29, 0.717) is 29.8 Å². The second kappa shape index (κ2) is 5.89. The van der Waals surface area contributed by atoms with Gasteiger partial charge in [-0.25, -0.2) is 14.2 Å². The molecule has 1 aromatic heterocycles. The normalized spacial score (nSPS) is 13.3. The lowest BCUT2D eigenvalue weighted by Crippen LogP contribution is -2.19. The molecule has 0 saturated heterocycles. The number of pyridine rings is 1. The molecule has 0 atom stereocenters. The summed E-state index contributed by atoms with van der Waals surface area (Å²) in [5.74, 6) is -0.697. The number of ether oxygens (including phenoxy) is 1. The average molecular weight is 319 g/mol. The summed E-state index contributed by atoms with van der Waals surface area (Å²) in [6, 6.07) is 17.7. The molecular formula is C20H14FNO2. The fraction of sp³-hybridized carbons (Fsp3) is 0.100. The lowest BCUT2D eigenvalue weighted by atomic mass is 9.95. The van der Waals surface area contributed by atoms with Crippen molar-refractivity contribution in [3.8, 4) is 22.5 Å². The number of hydrogen-bond acceptors (Lipinski definition) is 3. The summed E-state index contributed by atoms with van der Waals surface area (Å²) in [5.41, 5.74) is 4.40. The maximum atomic E-state index is 13.3. The number of carbonyl (C=O) groups excluding carboxylic acids is 1. The Balaban J connectivity index is 1.96. The van der Waals surface area contributed by atoms with Crippen LogP contribution >= 0.6 is 0 Å². The van der Waals surface area contributed by atoms with Crippen molar-refractivity contribution in [3.05, 3.63) is 77.6 Å². The second-order valence-electron chi connectivity index (χ2n) is 5.65. The lowest BCUT2D eigenvalue weighted by molar-refractivity contribution is 0.0481. The second-order valence-corrected chi connectivity index (χ2v) is 5.65. The lowest BCUT2D eigenvalue weighted by Gasteiger charge is -2.20. The van der Waals surface area contributed by atoms with Crippen LogP contribution in [0.15, 0.2) is 60.7 Å². The molecule has 0 fully saturated rings. The number of benzene rings is 2. The van der Waals surface area contributed by atoms with E-state index >= 15 is 0 Å². The Kier molecular flexibility index (Phi) is 3.58. The van der Waals surface area contributed by atoms with Crippen LogP contribution in [0.2, 0.25) is 0 Å². The number of nitrogens with zero attached hydrogens (tertiary/aromatic N) is 1. The molecule has 0 aliphatic carbocycles. The quantitative estimate of drug-likeness (QED) is 0.662. The van der Waals surface area contributed by atoms with E-state index in [1.54, 1.807) is 12.1 Å². The summed E-state index contributed by atoms with van der Waals surface area (Å²) < 4.78 is 18.4. The van der Waals surface area contributed by atoms with Gasteiger partial charge in [0.05, 0.1) is 23.6 Å².